The van der Waals surface area contributed by atoms with Gasteiger partial charge in [-0.05, 0) is 81.1 Å². The van der Waals surface area contributed by atoms with E-state index in [4.69, 9.17) is 0 Å². The molecule has 1 aromatic rings. The van der Waals surface area contributed by atoms with Crippen LogP contribution in [0.5, 0.6) is 0 Å². The highest BCUT2D eigenvalue weighted by Crippen LogP contribution is 2.30. The van der Waals surface area contributed by atoms with E-state index in [1.807, 2.05) is 11.3 Å². The summed E-state index contributed by atoms with van der Waals surface area (Å²) in [5, 5.41) is 8.35. The molecule has 0 radical (unpaired) electrons. The van der Waals surface area contributed by atoms with Crippen molar-refractivity contribution >= 4 is 11.3 Å². The quantitative estimate of drug-likeness (QED) is 0.781. The molecule has 1 aliphatic rings. The van der Waals surface area contributed by atoms with Crippen LogP contribution in [0.15, 0.2) is 16.8 Å². The third-order valence-electron chi connectivity index (χ3n) is 4.96. The van der Waals surface area contributed by atoms with Gasteiger partial charge in [0.25, 0.3) is 0 Å². The summed E-state index contributed by atoms with van der Waals surface area (Å²) in [6.07, 6.45) is 6.33. The summed E-state index contributed by atoms with van der Waals surface area (Å²) in [5.41, 5.74) is 1.77. The lowest BCUT2D eigenvalue weighted by Crippen LogP contribution is -2.59. The van der Waals surface area contributed by atoms with Gasteiger partial charge in [-0.1, -0.05) is 13.8 Å². The van der Waals surface area contributed by atoms with E-state index in [1.54, 1.807) is 0 Å². The van der Waals surface area contributed by atoms with Crippen LogP contribution in [0, 0.1) is 0 Å². The molecule has 1 aliphatic heterocycles. The Hall–Kier alpha value is -0.380. The van der Waals surface area contributed by atoms with Crippen LogP contribution in [0.2, 0.25) is 0 Å². The summed E-state index contributed by atoms with van der Waals surface area (Å²) in [6.45, 7) is 10.8. The van der Waals surface area contributed by atoms with Crippen molar-refractivity contribution in [3.63, 3.8) is 0 Å². The SMILES string of the molecule is CCCNC(Cc1ccsc1)C(C)(CC)N1CCCC1. The zero-order chi connectivity index (χ0) is 14.4. The molecule has 2 rings (SSSR count). The van der Waals surface area contributed by atoms with Crippen LogP contribution in [0.3, 0.4) is 0 Å². The lowest BCUT2D eigenvalue weighted by atomic mass is 9.84. The summed E-state index contributed by atoms with van der Waals surface area (Å²) in [4.78, 5) is 2.73. The molecule has 1 fully saturated rings. The first-order chi connectivity index (χ1) is 9.70. The molecule has 1 saturated heterocycles. The fourth-order valence-corrected chi connectivity index (χ4v) is 4.07. The fourth-order valence-electron chi connectivity index (χ4n) is 3.39. The normalized spacial score (nSPS) is 20.9. The highest BCUT2D eigenvalue weighted by atomic mass is 32.1. The topological polar surface area (TPSA) is 15.3 Å². The van der Waals surface area contributed by atoms with Gasteiger partial charge in [0.2, 0.25) is 0 Å². The molecule has 0 amide bonds. The van der Waals surface area contributed by atoms with Gasteiger partial charge >= 0.3 is 0 Å². The van der Waals surface area contributed by atoms with E-state index < -0.39 is 0 Å². The maximum atomic E-state index is 3.84. The second kappa shape index (κ2) is 7.58. The summed E-state index contributed by atoms with van der Waals surface area (Å²) in [6, 6.07) is 2.84. The summed E-state index contributed by atoms with van der Waals surface area (Å²) in [7, 11) is 0. The van der Waals surface area contributed by atoms with Crippen molar-refractivity contribution in [2.45, 2.75) is 64.5 Å². The van der Waals surface area contributed by atoms with Gasteiger partial charge in [-0.2, -0.15) is 11.3 Å². The monoisotopic (exact) mass is 294 g/mol. The largest absolute Gasteiger partial charge is 0.312 e. The van der Waals surface area contributed by atoms with Gasteiger partial charge in [-0.15, -0.1) is 0 Å². The van der Waals surface area contributed by atoms with Crippen molar-refractivity contribution in [3.8, 4) is 0 Å². The molecule has 2 unspecified atom stereocenters. The lowest BCUT2D eigenvalue weighted by Gasteiger charge is -2.45. The predicted molar refractivity (Wildman–Crippen MR) is 89.6 cm³/mol. The summed E-state index contributed by atoms with van der Waals surface area (Å²) < 4.78 is 0. The number of thiophene rings is 1. The number of nitrogens with one attached hydrogen (secondary N) is 1. The molecule has 1 N–H and O–H groups in total. The van der Waals surface area contributed by atoms with Gasteiger partial charge < -0.3 is 5.32 Å². The smallest absolute Gasteiger partial charge is 0.0335 e. The van der Waals surface area contributed by atoms with Crippen LogP contribution >= 0.6 is 11.3 Å². The minimum Gasteiger partial charge on any atom is -0.312 e. The first-order valence-corrected chi connectivity index (χ1v) is 9.14. The maximum absolute atomic E-state index is 3.84. The van der Waals surface area contributed by atoms with Gasteiger partial charge in [0.05, 0.1) is 0 Å². The minimum atomic E-state index is 0.285. The van der Waals surface area contributed by atoms with E-state index in [1.165, 1.54) is 44.3 Å². The molecule has 114 valence electrons. The molecule has 3 heteroatoms. The maximum Gasteiger partial charge on any atom is 0.0335 e. The number of likely N-dealkylation sites (tertiary alicyclic amines) is 1. The molecule has 0 bridgehead atoms. The minimum absolute atomic E-state index is 0.285. The molecule has 20 heavy (non-hydrogen) atoms. The number of rotatable bonds is 8. The molecule has 2 atom stereocenters. The molecular weight excluding hydrogens is 264 g/mol. The molecule has 0 spiro atoms. The van der Waals surface area contributed by atoms with E-state index in [0.717, 1.165) is 13.0 Å². The van der Waals surface area contributed by atoms with Crippen molar-refractivity contribution in [3.05, 3.63) is 22.4 Å². The van der Waals surface area contributed by atoms with E-state index in [2.05, 4.69) is 47.8 Å². The Morgan fingerprint density at radius 1 is 1.35 bits per heavy atom. The molecule has 2 nitrogen and oxygen atoms in total. The first-order valence-electron chi connectivity index (χ1n) is 8.20. The molecule has 0 aromatic carbocycles. The predicted octanol–water partition coefficient (Wildman–Crippen LogP) is 3.92. The van der Waals surface area contributed by atoms with Crippen LogP contribution in [-0.4, -0.2) is 36.1 Å². The van der Waals surface area contributed by atoms with Gasteiger partial charge in [-0.3, -0.25) is 4.90 Å². The Kier molecular flexibility index (Phi) is 6.06. The van der Waals surface area contributed by atoms with Crippen molar-refractivity contribution in [1.82, 2.24) is 10.2 Å². The van der Waals surface area contributed by atoms with E-state index in [0.29, 0.717) is 6.04 Å². The Balaban J connectivity index is 2.13. The highest BCUT2D eigenvalue weighted by molar-refractivity contribution is 7.07. The van der Waals surface area contributed by atoms with Crippen LogP contribution in [0.25, 0.3) is 0 Å². The van der Waals surface area contributed by atoms with E-state index in [9.17, 15) is 0 Å². The average molecular weight is 295 g/mol. The standard InChI is InChI=1S/C17H30N2S/c1-4-9-18-16(13-15-8-12-20-14-15)17(3,5-2)19-10-6-7-11-19/h8,12,14,16,18H,4-7,9-11,13H2,1-3H3. The van der Waals surface area contributed by atoms with Crippen molar-refractivity contribution < 1.29 is 0 Å². The van der Waals surface area contributed by atoms with E-state index >= 15 is 0 Å². The zero-order valence-corrected chi connectivity index (χ0v) is 14.1. The molecule has 0 aliphatic carbocycles. The Morgan fingerprint density at radius 2 is 2.10 bits per heavy atom. The molecule has 1 aromatic heterocycles. The number of hydrogen-bond acceptors (Lipinski definition) is 3. The van der Waals surface area contributed by atoms with Crippen LogP contribution in [0.4, 0.5) is 0 Å². The lowest BCUT2D eigenvalue weighted by molar-refractivity contribution is 0.0840. The van der Waals surface area contributed by atoms with Crippen LogP contribution < -0.4 is 5.32 Å². The van der Waals surface area contributed by atoms with Gasteiger partial charge in [-0.25, -0.2) is 0 Å². The summed E-state index contributed by atoms with van der Waals surface area (Å²) in [5.74, 6) is 0. The van der Waals surface area contributed by atoms with Crippen LogP contribution in [-0.2, 0) is 6.42 Å². The molecule has 2 heterocycles. The first kappa shape index (κ1) is 16.0. The number of hydrogen-bond donors (Lipinski definition) is 1. The average Bonchev–Trinajstić information content (AvgIpc) is 3.15. The summed E-state index contributed by atoms with van der Waals surface area (Å²) >= 11 is 1.81. The second-order valence-corrected chi connectivity index (χ2v) is 7.03. The van der Waals surface area contributed by atoms with Gasteiger partial charge in [0.15, 0.2) is 0 Å². The zero-order valence-electron chi connectivity index (χ0n) is 13.3. The number of nitrogens with zero attached hydrogens (tertiary/aromatic N) is 1. The molecule has 0 saturated carbocycles. The Labute approximate surface area is 128 Å². The van der Waals surface area contributed by atoms with Crippen molar-refractivity contribution in [2.75, 3.05) is 19.6 Å². The highest BCUT2D eigenvalue weighted by Gasteiger charge is 2.38. The Bertz CT molecular complexity index is 370. The molecular formula is C17H30N2S. The van der Waals surface area contributed by atoms with E-state index in [-0.39, 0.29) is 5.54 Å². The third kappa shape index (κ3) is 3.63. The van der Waals surface area contributed by atoms with Crippen molar-refractivity contribution in [1.29, 1.82) is 0 Å². The van der Waals surface area contributed by atoms with Crippen molar-refractivity contribution in [2.24, 2.45) is 0 Å². The van der Waals surface area contributed by atoms with Crippen LogP contribution in [0.1, 0.15) is 52.0 Å². The fraction of sp³-hybridized carbons (Fsp3) is 0.765. The van der Waals surface area contributed by atoms with Gasteiger partial charge in [0.1, 0.15) is 0 Å². The third-order valence-corrected chi connectivity index (χ3v) is 5.69. The van der Waals surface area contributed by atoms with Gasteiger partial charge in [0, 0.05) is 11.6 Å². The second-order valence-electron chi connectivity index (χ2n) is 6.25. The Morgan fingerprint density at radius 3 is 2.65 bits per heavy atom.